The first-order chi connectivity index (χ1) is 36.5. The molecule has 10 rings (SSSR count). The number of Topliss-reactive ketones (excluding diaryl/α,β-unsaturated/α-hetero) is 1. The SMILES string of the molecule is CNCC(O)c1cc(NCC(C)(O)C(O)COC)cc(C2C#CC3CC(=O)Oc4c3cc(c(O)c4C3CCCCC3)CC3OC(=O)C(=CC(O)Cc4cccc(c4)CC4C(=O)CCC5C4CC4C=CCCC4C35O)C2)c1. The maximum Gasteiger partial charge on any atom is 0.334 e. The van der Waals surface area contributed by atoms with Crippen LogP contribution < -0.4 is 15.4 Å². The van der Waals surface area contributed by atoms with Gasteiger partial charge in [0.1, 0.15) is 40.7 Å². The normalized spacial score (nSPS) is 31.1. The number of aliphatic hydroxyl groups is 5. The number of methoxy groups -OCH3 is 1. The maximum atomic E-state index is 15.8. The zero-order chi connectivity index (χ0) is 53.5. The summed E-state index contributed by atoms with van der Waals surface area (Å²) < 4.78 is 18.3. The van der Waals surface area contributed by atoms with E-state index in [1.165, 1.54) is 20.1 Å². The number of ketones is 1. The number of phenols is 1. The summed E-state index contributed by atoms with van der Waals surface area (Å²) in [5, 5.41) is 79.2. The van der Waals surface area contributed by atoms with E-state index in [4.69, 9.17) is 14.2 Å². The van der Waals surface area contributed by atoms with Crippen LogP contribution in [-0.4, -0.2) is 112 Å². The number of hydrogen-bond donors (Lipinski definition) is 8. The summed E-state index contributed by atoms with van der Waals surface area (Å²) in [5.74, 6) is 2.84. The molecule has 0 aromatic heterocycles. The summed E-state index contributed by atoms with van der Waals surface area (Å²) in [4.78, 5) is 43.9. The molecule has 3 heterocycles. The Balaban J connectivity index is 1.20. The Bertz CT molecular complexity index is 2800. The number of rotatable bonds is 11. The largest absolute Gasteiger partial charge is 0.507 e. The molecular weight excluding hydrogens is 965 g/mol. The van der Waals surface area contributed by atoms with Crippen LogP contribution in [-0.2, 0) is 43.1 Å². The van der Waals surface area contributed by atoms with Gasteiger partial charge in [0.05, 0.1) is 31.2 Å². The van der Waals surface area contributed by atoms with Crippen LogP contribution in [0, 0.1) is 41.4 Å². The van der Waals surface area contributed by atoms with Crippen molar-refractivity contribution in [3.63, 3.8) is 0 Å². The molecule has 3 aromatic carbocycles. The summed E-state index contributed by atoms with van der Waals surface area (Å²) in [6.45, 7) is 1.46. The zero-order valence-electron chi connectivity index (χ0n) is 44.1. The number of benzene rings is 3. The van der Waals surface area contributed by atoms with E-state index in [-0.39, 0.29) is 92.6 Å². The van der Waals surface area contributed by atoms with Crippen molar-refractivity contribution in [1.82, 2.24) is 5.32 Å². The van der Waals surface area contributed by atoms with Crippen molar-refractivity contribution in [3.8, 4) is 23.3 Å². The van der Waals surface area contributed by atoms with Gasteiger partial charge in [-0.15, -0.1) is 0 Å². The van der Waals surface area contributed by atoms with Gasteiger partial charge >= 0.3 is 11.9 Å². The highest BCUT2D eigenvalue weighted by atomic mass is 16.6. The molecule has 406 valence electrons. The highest BCUT2D eigenvalue weighted by Crippen LogP contribution is 2.58. The zero-order valence-corrected chi connectivity index (χ0v) is 44.1. The molecule has 3 aromatic rings. The van der Waals surface area contributed by atoms with Gasteiger partial charge in [-0.2, -0.15) is 0 Å². The third kappa shape index (κ3) is 10.9. The summed E-state index contributed by atoms with van der Waals surface area (Å²) in [6.07, 6.45) is 8.62. The topological polar surface area (TPSA) is 224 Å². The fraction of sp³-hybridized carbons (Fsp3) is 0.565. The van der Waals surface area contributed by atoms with Gasteiger partial charge in [-0.25, -0.2) is 4.79 Å². The molecule has 14 heteroatoms. The maximum absolute atomic E-state index is 15.8. The number of aliphatic hydroxyl groups excluding tert-OH is 3. The van der Waals surface area contributed by atoms with Crippen molar-refractivity contribution < 1.29 is 59.2 Å². The molecule has 4 aliphatic carbocycles. The lowest BCUT2D eigenvalue weighted by Gasteiger charge is -2.58. The van der Waals surface area contributed by atoms with E-state index in [2.05, 4.69) is 34.6 Å². The second-order valence-electron chi connectivity index (χ2n) is 23.3. The molecule has 0 radical (unpaired) electrons. The quantitative estimate of drug-likeness (QED) is 0.0423. The van der Waals surface area contributed by atoms with Gasteiger partial charge in [0.15, 0.2) is 0 Å². The standard InChI is InChI=1S/C62H76N2O12/c1-61(72,54(68)33-74-3)34-64-45-25-41(24-42(26-45)53(67)32-63-2)38-16-17-39-31-56(69)76-59-47(39)29-43(58(70)57(59)37-12-5-4-6-13-37)30-55-62(73)50-15-8-7-14-40(50)28-48-49(52(66)19-18-51(48)62)22-36-11-9-10-35(20-36)21-46(65)27-44(23-38)60(71)75-55/h7,9-11,14,20,24-27,29,37-40,46,48-51,53-55,63-65,67-68,70,72-73H,4-6,8,12-13,15,18-19,21-23,28,30-34H2,1-3H3. The summed E-state index contributed by atoms with van der Waals surface area (Å²) >= 11 is 0. The molecule has 3 aliphatic heterocycles. The fourth-order valence-electron chi connectivity index (χ4n) is 14.3. The summed E-state index contributed by atoms with van der Waals surface area (Å²) in [6, 6.07) is 15.1. The Labute approximate surface area is 446 Å². The average molecular weight is 1040 g/mol. The van der Waals surface area contributed by atoms with E-state index in [0.29, 0.717) is 71.4 Å². The first-order valence-electron chi connectivity index (χ1n) is 27.8. The monoisotopic (exact) mass is 1040 g/mol. The van der Waals surface area contributed by atoms with Crippen LogP contribution in [0.25, 0.3) is 0 Å². The number of nitrogens with one attached hydrogen (secondary N) is 2. The van der Waals surface area contributed by atoms with Crippen molar-refractivity contribution in [2.45, 2.75) is 157 Å². The van der Waals surface area contributed by atoms with Crippen LogP contribution in [0.3, 0.4) is 0 Å². The third-order valence-corrected chi connectivity index (χ3v) is 18.2. The first-order valence-corrected chi connectivity index (χ1v) is 27.8. The molecule has 0 spiro atoms. The molecule has 76 heavy (non-hydrogen) atoms. The molecule has 0 saturated heterocycles. The third-order valence-electron chi connectivity index (χ3n) is 18.2. The predicted octanol–water partition coefficient (Wildman–Crippen LogP) is 6.92. The van der Waals surface area contributed by atoms with Crippen molar-refractivity contribution in [3.05, 3.63) is 111 Å². The van der Waals surface area contributed by atoms with Crippen LogP contribution in [0.4, 0.5) is 5.69 Å². The molecule has 13 unspecified atom stereocenters. The summed E-state index contributed by atoms with van der Waals surface area (Å²) in [5.41, 5.74) is 1.72. The van der Waals surface area contributed by atoms with E-state index in [0.717, 1.165) is 43.2 Å². The minimum absolute atomic E-state index is 0.0457. The Kier molecular flexibility index (Phi) is 16.0. The van der Waals surface area contributed by atoms with Crippen molar-refractivity contribution >= 4 is 23.4 Å². The van der Waals surface area contributed by atoms with Gasteiger partial charge in [0, 0.05) is 73.7 Å². The average Bonchev–Trinajstić information content (AvgIpc) is 3.54. The van der Waals surface area contributed by atoms with E-state index >= 15 is 4.79 Å². The Morgan fingerprint density at radius 1 is 0.921 bits per heavy atom. The second-order valence-corrected chi connectivity index (χ2v) is 23.3. The molecule has 10 bridgehead atoms. The fourth-order valence-corrected chi connectivity index (χ4v) is 14.3. The van der Waals surface area contributed by atoms with Crippen LogP contribution >= 0.6 is 0 Å². The van der Waals surface area contributed by atoms with Crippen molar-refractivity contribution in [1.29, 1.82) is 0 Å². The Morgan fingerprint density at radius 2 is 1.70 bits per heavy atom. The summed E-state index contributed by atoms with van der Waals surface area (Å²) in [7, 11) is 3.16. The first kappa shape index (κ1) is 54.0. The van der Waals surface area contributed by atoms with Gasteiger partial charge in [0.25, 0.3) is 0 Å². The molecule has 8 N–H and O–H groups in total. The molecule has 7 aliphatic rings. The number of likely N-dealkylation sites (N-methyl/N-ethyl adjacent to an activating group) is 1. The number of aromatic hydroxyl groups is 1. The molecule has 13 atom stereocenters. The van der Waals surface area contributed by atoms with E-state index in [1.54, 1.807) is 13.1 Å². The Morgan fingerprint density at radius 3 is 2.47 bits per heavy atom. The van der Waals surface area contributed by atoms with Crippen molar-refractivity contribution in [2.75, 3.05) is 39.2 Å². The van der Waals surface area contributed by atoms with Crippen LogP contribution in [0.15, 0.2) is 72.3 Å². The smallest absolute Gasteiger partial charge is 0.334 e. The second kappa shape index (κ2) is 22.5. The molecule has 14 nitrogen and oxygen atoms in total. The number of esters is 2. The minimum atomic E-state index is -1.68. The van der Waals surface area contributed by atoms with Crippen LogP contribution in [0.5, 0.6) is 11.5 Å². The van der Waals surface area contributed by atoms with E-state index in [1.807, 2.05) is 42.5 Å². The number of phenolic OH excluding ortho intramolecular Hbond substituents is 1. The molecule has 3 fully saturated rings. The molecule has 3 saturated carbocycles. The minimum Gasteiger partial charge on any atom is -0.507 e. The Hall–Kier alpha value is -5.37. The number of fused-ring (bicyclic) bond motifs is 9. The van der Waals surface area contributed by atoms with Gasteiger partial charge in [-0.3, -0.25) is 9.59 Å². The van der Waals surface area contributed by atoms with Crippen LogP contribution in [0.1, 0.15) is 147 Å². The lowest BCUT2D eigenvalue weighted by atomic mass is 9.49. The molecule has 0 amide bonds. The van der Waals surface area contributed by atoms with Gasteiger partial charge in [0.2, 0.25) is 0 Å². The predicted molar refractivity (Wildman–Crippen MR) is 286 cm³/mol. The number of ether oxygens (including phenoxy) is 3. The number of anilines is 1. The number of allylic oxidation sites excluding steroid dienone is 2. The van der Waals surface area contributed by atoms with E-state index in [9.17, 15) is 40.2 Å². The number of hydrogen-bond acceptors (Lipinski definition) is 14. The van der Waals surface area contributed by atoms with E-state index < -0.39 is 71.2 Å². The van der Waals surface area contributed by atoms with Crippen LogP contribution in [0.2, 0.25) is 0 Å². The van der Waals surface area contributed by atoms with Gasteiger partial charge in [-0.1, -0.05) is 73.6 Å². The highest BCUT2D eigenvalue weighted by molar-refractivity contribution is 5.89. The number of carbonyl (C=O) groups excluding carboxylic acids is 3. The highest BCUT2D eigenvalue weighted by Gasteiger charge is 2.62. The van der Waals surface area contributed by atoms with Gasteiger partial charge in [-0.05, 0) is 147 Å². The van der Waals surface area contributed by atoms with Gasteiger partial charge < -0.3 is 55.5 Å². The number of carbonyl (C=O) groups is 3. The lowest BCUT2D eigenvalue weighted by molar-refractivity contribution is -0.221. The molecular formula is C62H76N2O12. The van der Waals surface area contributed by atoms with Crippen molar-refractivity contribution in [2.24, 2.45) is 29.6 Å². The lowest BCUT2D eigenvalue weighted by Crippen LogP contribution is -2.65.